The summed E-state index contributed by atoms with van der Waals surface area (Å²) in [5, 5.41) is 4.32. The van der Waals surface area contributed by atoms with Crippen LogP contribution in [0.2, 0.25) is 0 Å². The molecule has 1 aromatic heterocycles. The van der Waals surface area contributed by atoms with Gasteiger partial charge < -0.3 is 5.32 Å². The van der Waals surface area contributed by atoms with E-state index in [0.717, 1.165) is 29.0 Å². The normalized spacial score (nSPS) is 27.6. The van der Waals surface area contributed by atoms with Gasteiger partial charge in [0.15, 0.2) is 4.34 Å². The van der Waals surface area contributed by atoms with Gasteiger partial charge in [0.2, 0.25) is 0 Å². The van der Waals surface area contributed by atoms with Crippen LogP contribution in [-0.4, -0.2) is 27.2 Å². The third-order valence-electron chi connectivity index (χ3n) is 3.96. The molecule has 1 fully saturated rings. The van der Waals surface area contributed by atoms with Crippen LogP contribution in [0.25, 0.3) is 0 Å². The van der Waals surface area contributed by atoms with E-state index in [0.29, 0.717) is 11.3 Å². The minimum atomic E-state index is 0.645. The van der Waals surface area contributed by atoms with E-state index >= 15 is 0 Å². The molecule has 0 aliphatic heterocycles. The maximum atomic E-state index is 4.61. The van der Waals surface area contributed by atoms with Crippen LogP contribution in [0.3, 0.4) is 0 Å². The molecule has 3 unspecified atom stereocenters. The van der Waals surface area contributed by atoms with Gasteiger partial charge in [-0.2, -0.15) is 4.37 Å². The summed E-state index contributed by atoms with van der Waals surface area (Å²) < 4.78 is 5.55. The molecule has 1 aliphatic rings. The second-order valence-electron chi connectivity index (χ2n) is 5.24. The van der Waals surface area contributed by atoms with E-state index in [9.17, 15) is 0 Å². The van der Waals surface area contributed by atoms with Gasteiger partial charge in [0.1, 0.15) is 5.82 Å². The summed E-state index contributed by atoms with van der Waals surface area (Å²) >= 11 is 3.52. The van der Waals surface area contributed by atoms with Gasteiger partial charge in [-0.25, -0.2) is 4.98 Å². The van der Waals surface area contributed by atoms with Crippen LogP contribution in [0.15, 0.2) is 4.34 Å². The number of hydrogen-bond donors (Lipinski definition) is 1. The molecule has 1 aliphatic carbocycles. The number of thioether (sulfide) groups is 1. The van der Waals surface area contributed by atoms with E-state index in [1.54, 1.807) is 11.5 Å². The first kappa shape index (κ1) is 15.3. The number of nitrogens with one attached hydrogen (secondary N) is 1. The number of aromatic nitrogens is 2. The summed E-state index contributed by atoms with van der Waals surface area (Å²) in [4.78, 5) is 4.61. The minimum Gasteiger partial charge on any atom is -0.313 e. The third kappa shape index (κ3) is 4.17. The van der Waals surface area contributed by atoms with Crippen LogP contribution >= 0.6 is 23.3 Å². The summed E-state index contributed by atoms with van der Waals surface area (Å²) in [6, 6.07) is 0.645. The SMILES string of the molecule is CCNC1CCC(CC)CC1Sc1nc(CC)ns1. The topological polar surface area (TPSA) is 37.8 Å². The molecule has 1 heterocycles. The number of aryl methyl sites for hydroxylation is 1. The quantitative estimate of drug-likeness (QED) is 0.868. The van der Waals surface area contributed by atoms with Crippen LogP contribution in [0.5, 0.6) is 0 Å². The molecule has 19 heavy (non-hydrogen) atoms. The van der Waals surface area contributed by atoms with Crippen molar-refractivity contribution in [3.05, 3.63) is 5.82 Å². The zero-order valence-corrected chi connectivity index (χ0v) is 13.8. The van der Waals surface area contributed by atoms with Gasteiger partial charge >= 0.3 is 0 Å². The largest absolute Gasteiger partial charge is 0.313 e. The average molecular weight is 300 g/mol. The summed E-state index contributed by atoms with van der Waals surface area (Å²) in [5.41, 5.74) is 0. The molecule has 0 bridgehead atoms. The maximum absolute atomic E-state index is 4.61. The molecule has 5 heteroatoms. The predicted octanol–water partition coefficient (Wildman–Crippen LogP) is 3.75. The highest BCUT2D eigenvalue weighted by atomic mass is 32.2. The van der Waals surface area contributed by atoms with Crippen molar-refractivity contribution in [1.29, 1.82) is 0 Å². The lowest BCUT2D eigenvalue weighted by atomic mass is 9.84. The fraction of sp³-hybridized carbons (Fsp3) is 0.857. The third-order valence-corrected chi connectivity index (χ3v) is 6.14. The Morgan fingerprint density at radius 1 is 1.32 bits per heavy atom. The molecule has 0 saturated heterocycles. The first-order valence-corrected chi connectivity index (χ1v) is 9.14. The fourth-order valence-corrected chi connectivity index (χ4v) is 5.10. The van der Waals surface area contributed by atoms with E-state index in [4.69, 9.17) is 0 Å². The van der Waals surface area contributed by atoms with E-state index in [1.165, 1.54) is 25.7 Å². The summed E-state index contributed by atoms with van der Waals surface area (Å²) in [5.74, 6) is 1.89. The zero-order valence-electron chi connectivity index (χ0n) is 12.2. The van der Waals surface area contributed by atoms with Crippen LogP contribution in [0.4, 0.5) is 0 Å². The van der Waals surface area contributed by atoms with Crippen molar-refractivity contribution < 1.29 is 0 Å². The second-order valence-corrected chi connectivity index (χ2v) is 7.48. The van der Waals surface area contributed by atoms with E-state index < -0.39 is 0 Å². The Kier molecular flexibility index (Phi) is 6.10. The van der Waals surface area contributed by atoms with E-state index in [2.05, 4.69) is 35.4 Å². The molecule has 1 saturated carbocycles. The molecule has 3 nitrogen and oxygen atoms in total. The molecule has 0 aromatic carbocycles. The molecule has 2 rings (SSSR count). The fourth-order valence-electron chi connectivity index (χ4n) is 2.77. The summed E-state index contributed by atoms with van der Waals surface area (Å²) in [6.45, 7) is 7.70. The van der Waals surface area contributed by atoms with Crippen molar-refractivity contribution >= 4 is 23.3 Å². The minimum absolute atomic E-state index is 0.645. The lowest BCUT2D eigenvalue weighted by Crippen LogP contribution is -2.42. The Morgan fingerprint density at radius 3 is 2.79 bits per heavy atom. The molecule has 108 valence electrons. The predicted molar refractivity (Wildman–Crippen MR) is 84.0 cm³/mol. The van der Waals surface area contributed by atoms with Gasteiger partial charge in [0.05, 0.1) is 0 Å². The standard InChI is InChI=1S/C14H25N3S2/c1-4-10-7-8-11(15-6-3)12(9-10)18-14-16-13(5-2)17-19-14/h10-12,15H,4-9H2,1-3H3. The van der Waals surface area contributed by atoms with Crippen molar-refractivity contribution in [3.63, 3.8) is 0 Å². The van der Waals surface area contributed by atoms with Gasteiger partial charge in [-0.1, -0.05) is 39.0 Å². The average Bonchev–Trinajstić information content (AvgIpc) is 2.88. The highest BCUT2D eigenvalue weighted by molar-refractivity contribution is 8.01. The maximum Gasteiger partial charge on any atom is 0.170 e. The second kappa shape index (κ2) is 7.60. The lowest BCUT2D eigenvalue weighted by molar-refractivity contribution is 0.298. The molecule has 1 aromatic rings. The lowest BCUT2D eigenvalue weighted by Gasteiger charge is -2.35. The van der Waals surface area contributed by atoms with Crippen molar-refractivity contribution in [3.8, 4) is 0 Å². The smallest absolute Gasteiger partial charge is 0.170 e. The van der Waals surface area contributed by atoms with Crippen molar-refractivity contribution in [2.24, 2.45) is 5.92 Å². The Bertz CT molecular complexity index is 381. The molecule has 0 spiro atoms. The van der Waals surface area contributed by atoms with Crippen LogP contribution in [0, 0.1) is 5.92 Å². The summed E-state index contributed by atoms with van der Waals surface area (Å²) in [7, 11) is 0. The van der Waals surface area contributed by atoms with E-state index in [-0.39, 0.29) is 0 Å². The molecular weight excluding hydrogens is 274 g/mol. The van der Waals surface area contributed by atoms with Gasteiger partial charge in [0.25, 0.3) is 0 Å². The zero-order chi connectivity index (χ0) is 13.7. The Balaban J connectivity index is 1.99. The van der Waals surface area contributed by atoms with Crippen LogP contribution in [-0.2, 0) is 6.42 Å². The highest BCUT2D eigenvalue weighted by Crippen LogP contribution is 2.38. The number of rotatable bonds is 6. The number of hydrogen-bond acceptors (Lipinski definition) is 5. The van der Waals surface area contributed by atoms with Crippen molar-refractivity contribution in [2.75, 3.05) is 6.54 Å². The first-order valence-electron chi connectivity index (χ1n) is 7.49. The highest BCUT2D eigenvalue weighted by Gasteiger charge is 2.30. The first-order chi connectivity index (χ1) is 9.26. The summed E-state index contributed by atoms with van der Waals surface area (Å²) in [6.07, 6.45) is 6.26. The van der Waals surface area contributed by atoms with Gasteiger partial charge in [0, 0.05) is 17.7 Å². The molecule has 1 N–H and O–H groups in total. The molecule has 0 radical (unpaired) electrons. The Hall–Kier alpha value is -0.130. The van der Waals surface area contributed by atoms with Crippen LogP contribution < -0.4 is 5.32 Å². The van der Waals surface area contributed by atoms with Crippen molar-refractivity contribution in [1.82, 2.24) is 14.7 Å². The Labute approximate surface area is 125 Å². The molecule has 0 amide bonds. The van der Waals surface area contributed by atoms with Crippen molar-refractivity contribution in [2.45, 2.75) is 68.5 Å². The monoisotopic (exact) mass is 299 g/mol. The van der Waals surface area contributed by atoms with Gasteiger partial charge in [-0.15, -0.1) is 0 Å². The Morgan fingerprint density at radius 2 is 2.16 bits per heavy atom. The number of nitrogens with zero attached hydrogens (tertiary/aromatic N) is 2. The molecule has 3 atom stereocenters. The van der Waals surface area contributed by atoms with Crippen LogP contribution in [0.1, 0.15) is 52.3 Å². The van der Waals surface area contributed by atoms with Gasteiger partial charge in [-0.3, -0.25) is 0 Å². The molecular formula is C14H25N3S2. The van der Waals surface area contributed by atoms with Gasteiger partial charge in [-0.05, 0) is 43.3 Å². The van der Waals surface area contributed by atoms with E-state index in [1.807, 2.05) is 11.8 Å².